The van der Waals surface area contributed by atoms with Gasteiger partial charge < -0.3 is 15.5 Å². The van der Waals surface area contributed by atoms with E-state index in [1.54, 1.807) is 6.92 Å². The molecule has 2 N–H and O–H groups in total. The fraction of sp³-hybridized carbons (Fsp3) is 0.909. The summed E-state index contributed by atoms with van der Waals surface area (Å²) in [6.45, 7) is 7.46. The molecular formula is C11H22N4. The van der Waals surface area contributed by atoms with Gasteiger partial charge in [-0.3, -0.25) is 0 Å². The second-order valence-corrected chi connectivity index (χ2v) is 4.78. The lowest BCUT2D eigenvalue weighted by atomic mass is 9.99. The summed E-state index contributed by atoms with van der Waals surface area (Å²) < 4.78 is 0. The third-order valence-electron chi connectivity index (χ3n) is 3.02. The Morgan fingerprint density at radius 3 is 2.47 bits per heavy atom. The fourth-order valence-corrected chi connectivity index (χ4v) is 1.80. The van der Waals surface area contributed by atoms with Crippen molar-refractivity contribution in [2.75, 3.05) is 39.8 Å². The Balaban J connectivity index is 2.14. The summed E-state index contributed by atoms with van der Waals surface area (Å²) in [4.78, 5) is 4.80. The van der Waals surface area contributed by atoms with Gasteiger partial charge in [-0.1, -0.05) is 0 Å². The first-order valence-corrected chi connectivity index (χ1v) is 5.64. The van der Waals surface area contributed by atoms with Crippen LogP contribution < -0.4 is 5.73 Å². The highest BCUT2D eigenvalue weighted by molar-refractivity contribution is 5.00. The SMILES string of the molecule is CN1CCN(CCCC(C)(N)C#N)CC1. The Kier molecular flexibility index (Phi) is 4.52. The molecule has 4 nitrogen and oxygen atoms in total. The zero-order chi connectivity index (χ0) is 11.3. The van der Waals surface area contributed by atoms with E-state index in [0.717, 1.165) is 45.6 Å². The Labute approximate surface area is 92.6 Å². The molecule has 1 saturated heterocycles. The van der Waals surface area contributed by atoms with Gasteiger partial charge in [0.1, 0.15) is 5.54 Å². The van der Waals surface area contributed by atoms with Crippen LogP contribution in [-0.4, -0.2) is 55.1 Å². The van der Waals surface area contributed by atoms with E-state index < -0.39 is 5.54 Å². The van der Waals surface area contributed by atoms with E-state index in [1.807, 2.05) is 0 Å². The van der Waals surface area contributed by atoms with E-state index in [-0.39, 0.29) is 0 Å². The van der Waals surface area contributed by atoms with Gasteiger partial charge in [0.25, 0.3) is 0 Å². The van der Waals surface area contributed by atoms with E-state index in [1.165, 1.54) is 0 Å². The van der Waals surface area contributed by atoms with Crippen LogP contribution in [0.25, 0.3) is 0 Å². The van der Waals surface area contributed by atoms with Gasteiger partial charge in [0.15, 0.2) is 0 Å². The summed E-state index contributed by atoms with van der Waals surface area (Å²) in [5.41, 5.74) is 5.12. The van der Waals surface area contributed by atoms with Crippen molar-refractivity contribution in [3.8, 4) is 6.07 Å². The highest BCUT2D eigenvalue weighted by Gasteiger charge is 2.18. The maximum atomic E-state index is 8.77. The van der Waals surface area contributed by atoms with E-state index in [2.05, 4.69) is 22.9 Å². The molecule has 15 heavy (non-hydrogen) atoms. The van der Waals surface area contributed by atoms with Gasteiger partial charge in [-0.25, -0.2) is 0 Å². The molecule has 1 atom stereocenters. The predicted molar refractivity (Wildman–Crippen MR) is 61.4 cm³/mol. The molecule has 4 heteroatoms. The van der Waals surface area contributed by atoms with E-state index in [0.29, 0.717) is 0 Å². The summed E-state index contributed by atoms with van der Waals surface area (Å²) in [7, 11) is 2.16. The van der Waals surface area contributed by atoms with Crippen LogP contribution in [0.15, 0.2) is 0 Å². The minimum absolute atomic E-state index is 0.646. The summed E-state index contributed by atoms with van der Waals surface area (Å²) in [6, 6.07) is 2.14. The molecule has 86 valence electrons. The molecule has 1 fully saturated rings. The minimum atomic E-state index is -0.646. The maximum Gasteiger partial charge on any atom is 0.101 e. The van der Waals surface area contributed by atoms with E-state index >= 15 is 0 Å². The molecule has 0 radical (unpaired) electrons. The number of nitrogens with two attached hydrogens (primary N) is 1. The molecule has 1 rings (SSSR count). The lowest BCUT2D eigenvalue weighted by Gasteiger charge is -2.32. The molecule has 0 bridgehead atoms. The Hall–Kier alpha value is -0.630. The van der Waals surface area contributed by atoms with Crippen LogP contribution in [0.5, 0.6) is 0 Å². The largest absolute Gasteiger partial charge is 0.314 e. The molecule has 0 aromatic carbocycles. The molecule has 1 aliphatic rings. The molecule has 1 unspecified atom stereocenters. The smallest absolute Gasteiger partial charge is 0.101 e. The predicted octanol–water partition coefficient (Wildman–Crippen LogP) is 0.255. The number of nitriles is 1. The molecule has 0 aliphatic carbocycles. The number of likely N-dealkylation sites (N-methyl/N-ethyl adjacent to an activating group) is 1. The Morgan fingerprint density at radius 1 is 1.33 bits per heavy atom. The number of rotatable bonds is 4. The minimum Gasteiger partial charge on any atom is -0.314 e. The first-order valence-electron chi connectivity index (χ1n) is 5.64. The monoisotopic (exact) mass is 210 g/mol. The van der Waals surface area contributed by atoms with Crippen LogP contribution in [0.2, 0.25) is 0 Å². The lowest BCUT2D eigenvalue weighted by molar-refractivity contribution is 0.150. The van der Waals surface area contributed by atoms with Crippen molar-refractivity contribution >= 4 is 0 Å². The highest BCUT2D eigenvalue weighted by Crippen LogP contribution is 2.09. The molecule has 1 heterocycles. The van der Waals surface area contributed by atoms with Crippen molar-refractivity contribution in [3.05, 3.63) is 0 Å². The van der Waals surface area contributed by atoms with Gasteiger partial charge >= 0.3 is 0 Å². The zero-order valence-electron chi connectivity index (χ0n) is 9.87. The number of hydrogen-bond donors (Lipinski definition) is 1. The lowest BCUT2D eigenvalue weighted by Crippen LogP contribution is -2.45. The van der Waals surface area contributed by atoms with E-state index in [4.69, 9.17) is 11.0 Å². The summed E-state index contributed by atoms with van der Waals surface area (Å²) in [5, 5.41) is 8.77. The molecule has 0 aromatic rings. The van der Waals surface area contributed by atoms with Crippen molar-refractivity contribution in [2.24, 2.45) is 5.73 Å². The standard InChI is InChI=1S/C11H22N4/c1-11(13,10-12)4-3-5-15-8-6-14(2)7-9-15/h3-9,13H2,1-2H3. The van der Waals surface area contributed by atoms with Gasteiger partial charge in [-0.15, -0.1) is 0 Å². The molecule has 0 aromatic heterocycles. The third kappa shape index (κ3) is 4.61. The van der Waals surface area contributed by atoms with Crippen LogP contribution in [-0.2, 0) is 0 Å². The Morgan fingerprint density at radius 2 is 1.93 bits per heavy atom. The van der Waals surface area contributed by atoms with Gasteiger partial charge in [-0.05, 0) is 33.4 Å². The van der Waals surface area contributed by atoms with Crippen LogP contribution >= 0.6 is 0 Å². The number of hydrogen-bond acceptors (Lipinski definition) is 4. The first-order chi connectivity index (χ1) is 7.03. The van der Waals surface area contributed by atoms with Crippen LogP contribution in [0, 0.1) is 11.3 Å². The summed E-state index contributed by atoms with van der Waals surface area (Å²) in [5.74, 6) is 0. The molecule has 1 aliphatic heterocycles. The van der Waals surface area contributed by atoms with Gasteiger partial charge in [0.05, 0.1) is 6.07 Å². The summed E-state index contributed by atoms with van der Waals surface area (Å²) in [6.07, 6.45) is 1.81. The van der Waals surface area contributed by atoms with Crippen LogP contribution in [0.4, 0.5) is 0 Å². The van der Waals surface area contributed by atoms with Crippen molar-refractivity contribution in [2.45, 2.75) is 25.3 Å². The highest BCUT2D eigenvalue weighted by atomic mass is 15.2. The Bertz CT molecular complexity index is 223. The van der Waals surface area contributed by atoms with Crippen molar-refractivity contribution < 1.29 is 0 Å². The molecule has 0 saturated carbocycles. The normalized spacial score (nSPS) is 23.3. The van der Waals surface area contributed by atoms with Crippen molar-refractivity contribution in [3.63, 3.8) is 0 Å². The quantitative estimate of drug-likeness (QED) is 0.723. The fourth-order valence-electron chi connectivity index (χ4n) is 1.80. The molecule has 0 spiro atoms. The second kappa shape index (κ2) is 5.45. The number of piperazine rings is 1. The topological polar surface area (TPSA) is 56.3 Å². The van der Waals surface area contributed by atoms with Crippen molar-refractivity contribution in [1.82, 2.24) is 9.80 Å². The molecule has 0 amide bonds. The molecular weight excluding hydrogens is 188 g/mol. The third-order valence-corrected chi connectivity index (χ3v) is 3.02. The maximum absolute atomic E-state index is 8.77. The average Bonchev–Trinajstić information content (AvgIpc) is 2.21. The average molecular weight is 210 g/mol. The van der Waals surface area contributed by atoms with E-state index in [9.17, 15) is 0 Å². The van der Waals surface area contributed by atoms with Crippen molar-refractivity contribution in [1.29, 1.82) is 5.26 Å². The van der Waals surface area contributed by atoms with Gasteiger partial charge in [0, 0.05) is 26.2 Å². The van der Waals surface area contributed by atoms with Crippen LogP contribution in [0.3, 0.4) is 0 Å². The number of nitrogens with zero attached hydrogens (tertiary/aromatic N) is 3. The van der Waals surface area contributed by atoms with Gasteiger partial charge in [0.2, 0.25) is 0 Å². The first kappa shape index (κ1) is 12.4. The summed E-state index contributed by atoms with van der Waals surface area (Å²) >= 11 is 0. The van der Waals surface area contributed by atoms with Gasteiger partial charge in [-0.2, -0.15) is 5.26 Å². The second-order valence-electron chi connectivity index (χ2n) is 4.78. The van der Waals surface area contributed by atoms with Crippen LogP contribution in [0.1, 0.15) is 19.8 Å². The zero-order valence-corrected chi connectivity index (χ0v) is 9.87.